The number of fused-ring (bicyclic) bond motifs is 5. The van der Waals surface area contributed by atoms with Gasteiger partial charge in [-0.05, 0) is 62.7 Å². The van der Waals surface area contributed by atoms with Crippen LogP contribution in [0.25, 0.3) is 0 Å². The van der Waals surface area contributed by atoms with Crippen molar-refractivity contribution < 1.29 is 9.59 Å². The number of likely N-dealkylation sites (tertiary alicyclic amines) is 1. The third kappa shape index (κ3) is 1.46. The van der Waals surface area contributed by atoms with Gasteiger partial charge in [0.25, 0.3) is 0 Å². The third-order valence-electron chi connectivity index (χ3n) is 8.17. The zero-order valence-electron chi connectivity index (χ0n) is 14.3. The fourth-order valence-corrected chi connectivity index (χ4v) is 7.68. The Morgan fingerprint density at radius 1 is 0.833 bits per heavy atom. The topological polar surface area (TPSA) is 37.4 Å². The highest BCUT2D eigenvalue weighted by molar-refractivity contribution is 6.07. The van der Waals surface area contributed by atoms with Crippen molar-refractivity contribution in [2.75, 3.05) is 6.54 Å². The molecule has 5 saturated carbocycles. The van der Waals surface area contributed by atoms with E-state index < -0.39 is 0 Å². The molecular formula is C21H25NO2. The van der Waals surface area contributed by atoms with E-state index >= 15 is 0 Å². The first-order chi connectivity index (χ1) is 11.7. The van der Waals surface area contributed by atoms with Crippen LogP contribution in [-0.4, -0.2) is 23.3 Å². The van der Waals surface area contributed by atoms with Gasteiger partial charge >= 0.3 is 0 Å². The van der Waals surface area contributed by atoms with Gasteiger partial charge in [0.05, 0.1) is 11.8 Å². The van der Waals surface area contributed by atoms with Crippen LogP contribution in [0.4, 0.5) is 0 Å². The molecule has 0 aromatic heterocycles. The van der Waals surface area contributed by atoms with Crippen LogP contribution in [0.3, 0.4) is 0 Å². The van der Waals surface area contributed by atoms with E-state index in [1.54, 1.807) is 5.57 Å². The van der Waals surface area contributed by atoms with Gasteiger partial charge in [-0.1, -0.05) is 23.3 Å². The van der Waals surface area contributed by atoms with Crippen molar-refractivity contribution in [1.29, 1.82) is 0 Å². The Morgan fingerprint density at radius 2 is 1.33 bits per heavy atom. The number of allylic oxidation sites excluding steroid dienone is 4. The molecule has 3 heteroatoms. The summed E-state index contributed by atoms with van der Waals surface area (Å²) < 4.78 is 0. The highest BCUT2D eigenvalue weighted by atomic mass is 16.2. The number of amides is 2. The summed E-state index contributed by atoms with van der Waals surface area (Å²) in [5.41, 5.74) is 3.26. The van der Waals surface area contributed by atoms with Gasteiger partial charge in [-0.25, -0.2) is 0 Å². The van der Waals surface area contributed by atoms with E-state index in [4.69, 9.17) is 0 Å². The Bertz CT molecular complexity index is 653. The molecular weight excluding hydrogens is 298 g/mol. The molecule has 7 rings (SSSR count). The maximum Gasteiger partial charge on any atom is 0.234 e. The summed E-state index contributed by atoms with van der Waals surface area (Å²) in [6.07, 6.45) is 11.5. The van der Waals surface area contributed by atoms with Crippen molar-refractivity contribution in [3.63, 3.8) is 0 Å². The smallest absolute Gasteiger partial charge is 0.234 e. The first-order valence-electron chi connectivity index (χ1n) is 9.94. The lowest BCUT2D eigenvalue weighted by Crippen LogP contribution is -2.41. The molecule has 2 amide bonds. The van der Waals surface area contributed by atoms with E-state index in [0.717, 1.165) is 23.7 Å². The molecule has 6 bridgehead atoms. The van der Waals surface area contributed by atoms with Crippen LogP contribution in [0.2, 0.25) is 0 Å². The molecule has 0 radical (unpaired) electrons. The van der Waals surface area contributed by atoms with Crippen molar-refractivity contribution in [1.82, 2.24) is 4.90 Å². The molecule has 1 aliphatic heterocycles. The summed E-state index contributed by atoms with van der Waals surface area (Å²) in [7, 11) is 0. The van der Waals surface area contributed by atoms with E-state index in [2.05, 4.69) is 12.2 Å². The molecule has 1 heterocycles. The first-order valence-corrected chi connectivity index (χ1v) is 9.94. The van der Waals surface area contributed by atoms with Crippen LogP contribution in [0.5, 0.6) is 0 Å². The zero-order chi connectivity index (χ0) is 16.2. The average Bonchev–Trinajstić information content (AvgIpc) is 3.17. The van der Waals surface area contributed by atoms with Crippen LogP contribution >= 0.6 is 0 Å². The number of rotatable bonds is 1. The van der Waals surface area contributed by atoms with E-state index in [0.29, 0.717) is 6.54 Å². The minimum atomic E-state index is -0.0767. The second-order valence-electron chi connectivity index (χ2n) is 9.12. The van der Waals surface area contributed by atoms with E-state index in [1.165, 1.54) is 42.6 Å². The Hall–Kier alpha value is -1.38. The van der Waals surface area contributed by atoms with Crippen molar-refractivity contribution in [2.45, 2.75) is 39.0 Å². The summed E-state index contributed by atoms with van der Waals surface area (Å²) in [5.74, 6) is 3.99. The Balaban J connectivity index is 1.45. The van der Waals surface area contributed by atoms with Gasteiger partial charge in [0.2, 0.25) is 11.8 Å². The van der Waals surface area contributed by atoms with Crippen molar-refractivity contribution >= 4 is 11.8 Å². The first kappa shape index (κ1) is 13.9. The van der Waals surface area contributed by atoms with Crippen molar-refractivity contribution in [2.24, 2.45) is 47.3 Å². The molecule has 4 unspecified atom stereocenters. The number of nitrogens with zero attached hydrogens (tertiary/aromatic N) is 1. The fourth-order valence-electron chi connectivity index (χ4n) is 7.68. The van der Waals surface area contributed by atoms with Crippen molar-refractivity contribution in [3.8, 4) is 0 Å². The largest absolute Gasteiger partial charge is 0.282 e. The molecule has 7 aliphatic rings. The highest BCUT2D eigenvalue weighted by Gasteiger charge is 2.62. The van der Waals surface area contributed by atoms with E-state index in [9.17, 15) is 9.59 Å². The Kier molecular flexibility index (Phi) is 2.55. The zero-order valence-corrected chi connectivity index (χ0v) is 14.3. The molecule has 4 atom stereocenters. The highest BCUT2D eigenvalue weighted by Crippen LogP contribution is 2.63. The molecule has 3 nitrogen and oxygen atoms in total. The number of hydrogen-bond acceptors (Lipinski definition) is 2. The van der Waals surface area contributed by atoms with Gasteiger partial charge in [0.15, 0.2) is 0 Å². The summed E-state index contributed by atoms with van der Waals surface area (Å²) >= 11 is 0. The quantitative estimate of drug-likeness (QED) is 0.549. The minimum Gasteiger partial charge on any atom is -0.282 e. The third-order valence-corrected chi connectivity index (χ3v) is 8.17. The molecule has 0 spiro atoms. The predicted molar refractivity (Wildman–Crippen MR) is 89.6 cm³/mol. The molecule has 24 heavy (non-hydrogen) atoms. The average molecular weight is 323 g/mol. The maximum absolute atomic E-state index is 12.8. The molecule has 6 aliphatic carbocycles. The van der Waals surface area contributed by atoms with Gasteiger partial charge in [-0.15, -0.1) is 0 Å². The van der Waals surface area contributed by atoms with Crippen LogP contribution < -0.4 is 0 Å². The van der Waals surface area contributed by atoms with Gasteiger partial charge in [0.1, 0.15) is 0 Å². The summed E-state index contributed by atoms with van der Waals surface area (Å²) in [6, 6.07) is 0. The van der Waals surface area contributed by atoms with Crippen molar-refractivity contribution in [3.05, 3.63) is 23.3 Å². The lowest BCUT2D eigenvalue weighted by Gasteiger charge is -2.52. The van der Waals surface area contributed by atoms with Gasteiger partial charge < -0.3 is 0 Å². The normalized spacial score (nSPS) is 50.6. The van der Waals surface area contributed by atoms with Gasteiger partial charge in [-0.3, -0.25) is 14.5 Å². The predicted octanol–water partition coefficient (Wildman–Crippen LogP) is 3.18. The molecule has 0 N–H and O–H groups in total. The molecule has 126 valence electrons. The summed E-state index contributed by atoms with van der Waals surface area (Å²) in [6.45, 7) is 2.45. The number of carbonyl (C=O) groups excluding carboxylic acids is 2. The van der Waals surface area contributed by atoms with E-state index in [1.807, 2.05) is 6.92 Å². The maximum atomic E-state index is 12.8. The van der Waals surface area contributed by atoms with Gasteiger partial charge in [-0.2, -0.15) is 0 Å². The Morgan fingerprint density at radius 3 is 1.79 bits per heavy atom. The lowest BCUT2D eigenvalue weighted by molar-refractivity contribution is -0.140. The fraction of sp³-hybridized carbons (Fsp3) is 0.714. The molecule has 6 fully saturated rings. The standard InChI is InChI=1S/C21H25NO2/c1-2-22-20(23)18-14-3-4-15(19(18)21(22)24)17(14)16-12-6-10-5-11(8-12)9-13(16)7-10/h3-4,10-15,18-19H,2,5-9H2,1H3. The minimum absolute atomic E-state index is 0.0767. The number of imide groups is 1. The van der Waals surface area contributed by atoms with Crippen LogP contribution in [0.1, 0.15) is 39.0 Å². The van der Waals surface area contributed by atoms with E-state index in [-0.39, 0.29) is 35.5 Å². The molecule has 0 aromatic rings. The monoisotopic (exact) mass is 323 g/mol. The second kappa shape index (κ2) is 4.42. The van der Waals surface area contributed by atoms with Gasteiger partial charge in [0, 0.05) is 18.4 Å². The number of carbonyl (C=O) groups is 2. The summed E-state index contributed by atoms with van der Waals surface area (Å²) in [4.78, 5) is 27.1. The SMILES string of the molecule is CCN1C(=O)C2C3C=CC(C3=C3C4CC5CC(C4)CC3C5)C2C1=O. The molecule has 1 saturated heterocycles. The second-order valence-corrected chi connectivity index (χ2v) is 9.12. The lowest BCUT2D eigenvalue weighted by atomic mass is 9.53. The van der Waals surface area contributed by atoms with Crippen LogP contribution in [0.15, 0.2) is 23.3 Å². The van der Waals surface area contributed by atoms with Crippen LogP contribution in [-0.2, 0) is 9.59 Å². The molecule has 0 aromatic carbocycles. The number of hydrogen-bond donors (Lipinski definition) is 0. The summed E-state index contributed by atoms with van der Waals surface area (Å²) in [5, 5.41) is 0. The Labute approximate surface area is 143 Å². The van der Waals surface area contributed by atoms with Crippen LogP contribution in [0, 0.1) is 47.3 Å².